The predicted molar refractivity (Wildman–Crippen MR) is 83.4 cm³/mol. The Bertz CT molecular complexity index is 590. The molecule has 0 radical (unpaired) electrons. The largest absolute Gasteiger partial charge is 0.380 e. The van der Waals surface area contributed by atoms with Crippen molar-refractivity contribution in [2.24, 2.45) is 0 Å². The van der Waals surface area contributed by atoms with E-state index >= 15 is 0 Å². The van der Waals surface area contributed by atoms with Gasteiger partial charge in [-0.25, -0.2) is 4.98 Å². The fourth-order valence-corrected chi connectivity index (χ4v) is 2.80. The fraction of sp³-hybridized carbons (Fsp3) is 0.333. The number of aryl methyl sites for hydroxylation is 2. The molecule has 0 fully saturated rings. The van der Waals surface area contributed by atoms with E-state index in [4.69, 9.17) is 0 Å². The number of hydrogen-bond acceptors (Lipinski definition) is 4. The molecular formula is C15H19N3OS. The van der Waals surface area contributed by atoms with Crippen molar-refractivity contribution in [2.75, 3.05) is 11.9 Å². The third kappa shape index (κ3) is 3.57. The smallest absolute Gasteiger partial charge is 0.251 e. The van der Waals surface area contributed by atoms with E-state index in [9.17, 15) is 4.79 Å². The molecule has 0 spiro atoms. The van der Waals surface area contributed by atoms with Gasteiger partial charge in [0.25, 0.3) is 5.91 Å². The average molecular weight is 289 g/mol. The Morgan fingerprint density at radius 2 is 1.95 bits per heavy atom. The predicted octanol–water partition coefficient (Wildman–Crippen LogP) is 3.12. The second-order valence-electron chi connectivity index (χ2n) is 4.53. The SMILES string of the molecule is CCNC(=O)c1ccc(NCc2sc(C)nc2C)cc1. The molecule has 2 rings (SSSR count). The quantitative estimate of drug-likeness (QED) is 0.889. The van der Waals surface area contributed by atoms with E-state index in [2.05, 4.69) is 15.6 Å². The summed E-state index contributed by atoms with van der Waals surface area (Å²) in [4.78, 5) is 17.3. The minimum atomic E-state index is -0.0343. The molecule has 1 aromatic heterocycles. The van der Waals surface area contributed by atoms with Crippen LogP contribution in [0.2, 0.25) is 0 Å². The van der Waals surface area contributed by atoms with Gasteiger partial charge >= 0.3 is 0 Å². The molecule has 4 nitrogen and oxygen atoms in total. The van der Waals surface area contributed by atoms with Crippen LogP contribution in [0.3, 0.4) is 0 Å². The molecule has 0 aliphatic heterocycles. The first-order chi connectivity index (χ1) is 9.60. The summed E-state index contributed by atoms with van der Waals surface area (Å²) in [5.74, 6) is -0.0343. The van der Waals surface area contributed by atoms with Crippen LogP contribution in [-0.4, -0.2) is 17.4 Å². The zero-order valence-corrected chi connectivity index (χ0v) is 12.8. The first-order valence-corrected chi connectivity index (χ1v) is 7.47. The summed E-state index contributed by atoms with van der Waals surface area (Å²) in [6.07, 6.45) is 0. The summed E-state index contributed by atoms with van der Waals surface area (Å²) in [6, 6.07) is 7.51. The van der Waals surface area contributed by atoms with Gasteiger partial charge in [-0.2, -0.15) is 0 Å². The molecule has 2 N–H and O–H groups in total. The van der Waals surface area contributed by atoms with E-state index < -0.39 is 0 Å². The van der Waals surface area contributed by atoms with Crippen LogP contribution in [0.1, 0.15) is 32.9 Å². The molecule has 2 aromatic rings. The molecule has 0 aliphatic carbocycles. The van der Waals surface area contributed by atoms with Crippen LogP contribution in [0, 0.1) is 13.8 Å². The van der Waals surface area contributed by atoms with E-state index in [1.165, 1.54) is 4.88 Å². The third-order valence-electron chi connectivity index (χ3n) is 2.94. The van der Waals surface area contributed by atoms with Gasteiger partial charge in [0.1, 0.15) is 0 Å². The highest BCUT2D eigenvalue weighted by molar-refractivity contribution is 7.11. The number of benzene rings is 1. The number of thiazole rings is 1. The van der Waals surface area contributed by atoms with Gasteiger partial charge in [-0.05, 0) is 45.0 Å². The molecule has 0 aliphatic rings. The van der Waals surface area contributed by atoms with E-state index in [0.717, 1.165) is 22.9 Å². The Hall–Kier alpha value is -1.88. The van der Waals surface area contributed by atoms with Crippen molar-refractivity contribution in [3.05, 3.63) is 45.4 Å². The van der Waals surface area contributed by atoms with Crippen molar-refractivity contribution in [1.29, 1.82) is 0 Å². The maximum absolute atomic E-state index is 11.6. The lowest BCUT2D eigenvalue weighted by Crippen LogP contribution is -2.22. The van der Waals surface area contributed by atoms with E-state index in [0.29, 0.717) is 12.1 Å². The number of hydrogen-bond donors (Lipinski definition) is 2. The summed E-state index contributed by atoms with van der Waals surface area (Å²) >= 11 is 1.71. The fourth-order valence-electron chi connectivity index (χ4n) is 1.92. The van der Waals surface area contributed by atoms with E-state index in [1.807, 2.05) is 45.0 Å². The van der Waals surface area contributed by atoms with Crippen LogP contribution in [0.5, 0.6) is 0 Å². The highest BCUT2D eigenvalue weighted by Gasteiger charge is 2.06. The molecule has 1 amide bonds. The molecule has 0 atom stereocenters. The van der Waals surface area contributed by atoms with E-state index in [-0.39, 0.29) is 5.91 Å². The van der Waals surface area contributed by atoms with E-state index in [1.54, 1.807) is 11.3 Å². The standard InChI is InChI=1S/C15H19N3OS/c1-4-16-15(19)12-5-7-13(8-6-12)17-9-14-10(2)18-11(3)20-14/h5-8,17H,4,9H2,1-3H3,(H,16,19). The third-order valence-corrected chi connectivity index (χ3v) is 4.01. The molecule has 106 valence electrons. The summed E-state index contributed by atoms with van der Waals surface area (Å²) in [5, 5.41) is 7.22. The van der Waals surface area contributed by atoms with Gasteiger partial charge in [0.15, 0.2) is 0 Å². The first kappa shape index (κ1) is 14.5. The molecule has 0 saturated carbocycles. The molecular weight excluding hydrogens is 270 g/mol. The number of nitrogens with zero attached hydrogens (tertiary/aromatic N) is 1. The van der Waals surface area contributed by atoms with Crippen molar-refractivity contribution in [3.8, 4) is 0 Å². The maximum atomic E-state index is 11.6. The van der Waals surface area contributed by atoms with Gasteiger partial charge in [-0.15, -0.1) is 11.3 Å². The zero-order valence-electron chi connectivity index (χ0n) is 12.0. The number of nitrogens with one attached hydrogen (secondary N) is 2. The monoisotopic (exact) mass is 289 g/mol. The molecule has 0 bridgehead atoms. The summed E-state index contributed by atoms with van der Waals surface area (Å²) in [6.45, 7) is 7.36. The molecule has 1 aromatic carbocycles. The number of rotatable bonds is 5. The van der Waals surface area contributed by atoms with Crippen molar-refractivity contribution in [2.45, 2.75) is 27.3 Å². The number of anilines is 1. The van der Waals surface area contributed by atoms with Crippen molar-refractivity contribution in [1.82, 2.24) is 10.3 Å². The molecule has 1 heterocycles. The number of aromatic nitrogens is 1. The van der Waals surface area contributed by atoms with Gasteiger partial charge < -0.3 is 10.6 Å². The Labute approximate surface area is 123 Å². The zero-order chi connectivity index (χ0) is 14.5. The highest BCUT2D eigenvalue weighted by Crippen LogP contribution is 2.19. The summed E-state index contributed by atoms with van der Waals surface area (Å²) in [5.41, 5.74) is 2.77. The van der Waals surface area contributed by atoms with Crippen LogP contribution in [0.4, 0.5) is 5.69 Å². The highest BCUT2D eigenvalue weighted by atomic mass is 32.1. The Morgan fingerprint density at radius 1 is 1.25 bits per heavy atom. The van der Waals surface area contributed by atoms with Crippen LogP contribution < -0.4 is 10.6 Å². The van der Waals surface area contributed by atoms with Gasteiger partial charge in [-0.3, -0.25) is 4.79 Å². The minimum absolute atomic E-state index is 0.0343. The first-order valence-electron chi connectivity index (χ1n) is 6.65. The molecule has 0 saturated heterocycles. The normalized spacial score (nSPS) is 10.3. The number of amides is 1. The van der Waals surface area contributed by atoms with Crippen LogP contribution in [0.15, 0.2) is 24.3 Å². The lowest BCUT2D eigenvalue weighted by Gasteiger charge is -2.07. The number of carbonyl (C=O) groups excluding carboxylic acids is 1. The van der Waals surface area contributed by atoms with Gasteiger partial charge in [-0.1, -0.05) is 0 Å². The lowest BCUT2D eigenvalue weighted by atomic mass is 10.2. The second-order valence-corrected chi connectivity index (χ2v) is 5.82. The van der Waals surface area contributed by atoms with Gasteiger partial charge in [0, 0.05) is 22.7 Å². The second kappa shape index (κ2) is 6.52. The van der Waals surface area contributed by atoms with Crippen LogP contribution >= 0.6 is 11.3 Å². The topological polar surface area (TPSA) is 54.0 Å². The van der Waals surface area contributed by atoms with Crippen molar-refractivity contribution in [3.63, 3.8) is 0 Å². The summed E-state index contributed by atoms with van der Waals surface area (Å²) < 4.78 is 0. The van der Waals surface area contributed by atoms with Gasteiger partial charge in [0.05, 0.1) is 17.2 Å². The Balaban J connectivity index is 1.97. The van der Waals surface area contributed by atoms with Crippen molar-refractivity contribution >= 4 is 22.9 Å². The Morgan fingerprint density at radius 3 is 2.50 bits per heavy atom. The van der Waals surface area contributed by atoms with Crippen LogP contribution in [-0.2, 0) is 6.54 Å². The number of carbonyl (C=O) groups is 1. The summed E-state index contributed by atoms with van der Waals surface area (Å²) in [7, 11) is 0. The lowest BCUT2D eigenvalue weighted by molar-refractivity contribution is 0.0956. The maximum Gasteiger partial charge on any atom is 0.251 e. The van der Waals surface area contributed by atoms with Crippen molar-refractivity contribution < 1.29 is 4.79 Å². The van der Waals surface area contributed by atoms with Crippen LogP contribution in [0.25, 0.3) is 0 Å². The minimum Gasteiger partial charge on any atom is -0.380 e. The molecule has 0 unspecified atom stereocenters. The van der Waals surface area contributed by atoms with Gasteiger partial charge in [0.2, 0.25) is 0 Å². The molecule has 5 heteroatoms. The molecule has 20 heavy (non-hydrogen) atoms. The average Bonchev–Trinajstić information content (AvgIpc) is 2.75. The Kier molecular flexibility index (Phi) is 4.74.